The number of nitrogens with two attached hydrogens (primary N) is 2. The predicted octanol–water partition coefficient (Wildman–Crippen LogP) is 2.04. The highest BCUT2D eigenvalue weighted by Gasteiger charge is 2.16. The molecule has 6 nitrogen and oxygen atoms in total. The summed E-state index contributed by atoms with van der Waals surface area (Å²) in [7, 11) is 0. The molecule has 0 aliphatic carbocycles. The smallest absolute Gasteiger partial charge is 0.337 e. The number of carbonyl (C=O) groups is 1. The first-order valence-electron chi connectivity index (χ1n) is 8.07. The number of aliphatic hydroxyl groups is 1. The summed E-state index contributed by atoms with van der Waals surface area (Å²) in [5.41, 5.74) is 7.88. The third-order valence-electron chi connectivity index (χ3n) is 3.57. The zero-order valence-corrected chi connectivity index (χ0v) is 14.2. The van der Waals surface area contributed by atoms with E-state index in [1.54, 1.807) is 12.1 Å². The van der Waals surface area contributed by atoms with E-state index in [1.165, 1.54) is 17.3 Å². The van der Waals surface area contributed by atoms with Gasteiger partial charge < -0.3 is 15.9 Å². The van der Waals surface area contributed by atoms with Gasteiger partial charge in [-0.05, 0) is 37.1 Å². The van der Waals surface area contributed by atoms with Gasteiger partial charge in [0.05, 0.1) is 16.8 Å². The highest BCUT2D eigenvalue weighted by molar-refractivity contribution is 5.96. The van der Waals surface area contributed by atoms with Crippen LogP contribution in [-0.4, -0.2) is 22.8 Å². The number of carboxylic acid groups (broad SMARTS) is 1. The summed E-state index contributed by atoms with van der Waals surface area (Å²) in [5, 5.41) is 19.5. The number of aliphatic hydroxyl groups excluding tert-OH is 1. The van der Waals surface area contributed by atoms with Crippen LogP contribution < -0.4 is 16.6 Å². The Balaban J connectivity index is 2.45. The van der Waals surface area contributed by atoms with Gasteiger partial charge in [0.15, 0.2) is 0 Å². The van der Waals surface area contributed by atoms with Gasteiger partial charge in [-0.25, -0.2) is 10.6 Å². The van der Waals surface area contributed by atoms with Crippen LogP contribution in [0.5, 0.6) is 0 Å². The molecule has 26 heavy (non-hydrogen) atoms. The number of benzene rings is 2. The van der Waals surface area contributed by atoms with Gasteiger partial charge in [0.2, 0.25) is 0 Å². The lowest BCUT2D eigenvalue weighted by molar-refractivity contribution is 0.0697. The summed E-state index contributed by atoms with van der Waals surface area (Å²) in [4.78, 5) is 11.6. The largest absolute Gasteiger partial charge is 0.478 e. The average Bonchev–Trinajstić information content (AvgIpc) is 2.65. The van der Waals surface area contributed by atoms with Crippen molar-refractivity contribution in [3.8, 4) is 11.8 Å². The molecule has 0 fully saturated rings. The number of anilines is 1. The van der Waals surface area contributed by atoms with Gasteiger partial charge in [-0.15, -0.1) is 0 Å². The Morgan fingerprint density at radius 2 is 1.85 bits per heavy atom. The van der Waals surface area contributed by atoms with Crippen molar-refractivity contribution < 1.29 is 15.0 Å². The first kappa shape index (κ1) is 19.1. The van der Waals surface area contributed by atoms with Gasteiger partial charge in [0, 0.05) is 24.1 Å². The lowest BCUT2D eigenvalue weighted by atomic mass is 10.1. The van der Waals surface area contributed by atoms with Crippen LogP contribution in [0.2, 0.25) is 0 Å². The summed E-state index contributed by atoms with van der Waals surface area (Å²) >= 11 is 0. The van der Waals surface area contributed by atoms with Crippen molar-refractivity contribution in [2.45, 2.75) is 12.8 Å². The minimum absolute atomic E-state index is 0.0125. The quantitative estimate of drug-likeness (QED) is 0.360. The third kappa shape index (κ3) is 5.11. The highest BCUT2D eigenvalue weighted by Crippen LogP contribution is 2.24. The van der Waals surface area contributed by atoms with Gasteiger partial charge in [-0.2, -0.15) is 0 Å². The Morgan fingerprint density at radius 1 is 1.12 bits per heavy atom. The van der Waals surface area contributed by atoms with Gasteiger partial charge in [0.1, 0.15) is 0 Å². The minimum atomic E-state index is -1.11. The zero-order valence-electron chi connectivity index (χ0n) is 14.2. The Hall–Kier alpha value is -3.27. The molecule has 2 aromatic rings. The number of hydrazine groups is 1. The molecule has 0 heterocycles. The van der Waals surface area contributed by atoms with Crippen LogP contribution in [0.3, 0.4) is 0 Å². The molecule has 0 saturated heterocycles. The molecule has 0 aliphatic rings. The fourth-order valence-electron chi connectivity index (χ4n) is 2.35. The van der Waals surface area contributed by atoms with Crippen LogP contribution >= 0.6 is 0 Å². The summed E-state index contributed by atoms with van der Waals surface area (Å²) < 4.78 is 0. The van der Waals surface area contributed by atoms with Crippen LogP contribution in [0.4, 0.5) is 5.69 Å². The van der Waals surface area contributed by atoms with E-state index < -0.39 is 5.97 Å². The van der Waals surface area contributed by atoms with Gasteiger partial charge >= 0.3 is 5.97 Å². The van der Waals surface area contributed by atoms with E-state index in [1.807, 2.05) is 30.3 Å². The van der Waals surface area contributed by atoms with Crippen molar-refractivity contribution in [2.75, 3.05) is 11.6 Å². The molecule has 0 radical (unpaired) electrons. The van der Waals surface area contributed by atoms with Crippen molar-refractivity contribution in [1.82, 2.24) is 0 Å². The Bertz CT molecular complexity index is 852. The molecule has 134 valence electrons. The van der Waals surface area contributed by atoms with Crippen LogP contribution in [-0.2, 0) is 0 Å². The van der Waals surface area contributed by atoms with Crippen LogP contribution in [0, 0.1) is 11.8 Å². The molecule has 2 rings (SSSR count). The number of hydrogen-bond acceptors (Lipinski definition) is 5. The first-order valence-corrected chi connectivity index (χ1v) is 8.07. The monoisotopic (exact) mass is 351 g/mol. The van der Waals surface area contributed by atoms with Crippen molar-refractivity contribution in [2.24, 2.45) is 11.6 Å². The van der Waals surface area contributed by atoms with Gasteiger partial charge in [-0.3, -0.25) is 5.01 Å². The molecule has 0 aromatic heterocycles. The van der Waals surface area contributed by atoms with Crippen LogP contribution in [0.1, 0.15) is 34.3 Å². The number of rotatable bonds is 6. The molecule has 6 N–H and O–H groups in total. The average molecular weight is 351 g/mol. The van der Waals surface area contributed by atoms with Crippen molar-refractivity contribution in [1.29, 1.82) is 0 Å². The molecular formula is C20H21N3O3. The Labute approximate surface area is 152 Å². The SMILES string of the molecule is N/C(=C\N(N)c1c(C#Cc2ccccc2)cccc1C(=O)O)CCCO. The zero-order chi connectivity index (χ0) is 18.9. The third-order valence-corrected chi connectivity index (χ3v) is 3.57. The highest BCUT2D eigenvalue weighted by atomic mass is 16.4. The summed E-state index contributed by atoms with van der Waals surface area (Å²) in [5.74, 6) is 10.9. The standard InChI is InChI=1S/C20H21N3O3/c21-17(9-5-13-24)14-23(22)19-16(8-4-10-18(19)20(25)26)12-11-15-6-2-1-3-7-15/h1-4,6-8,10,14,24H,5,9,13,21-22H2,(H,25,26)/b17-14-. The van der Waals surface area contributed by atoms with E-state index >= 15 is 0 Å². The van der Waals surface area contributed by atoms with E-state index in [0.29, 0.717) is 24.1 Å². The number of hydrogen-bond donors (Lipinski definition) is 4. The maximum absolute atomic E-state index is 11.6. The van der Waals surface area contributed by atoms with E-state index in [0.717, 1.165) is 5.56 Å². The number of aromatic carboxylic acids is 1. The van der Waals surface area contributed by atoms with Crippen LogP contribution in [0.25, 0.3) is 0 Å². The van der Waals surface area contributed by atoms with E-state index in [9.17, 15) is 9.90 Å². The second-order valence-electron chi connectivity index (χ2n) is 5.56. The topological polar surface area (TPSA) is 113 Å². The van der Waals surface area contributed by atoms with E-state index in [4.69, 9.17) is 16.7 Å². The lowest BCUT2D eigenvalue weighted by Crippen LogP contribution is -2.29. The van der Waals surface area contributed by atoms with Gasteiger partial charge in [0.25, 0.3) is 0 Å². The second kappa shape index (κ2) is 9.28. The van der Waals surface area contributed by atoms with Crippen LogP contribution in [0.15, 0.2) is 60.4 Å². The molecule has 0 bridgehead atoms. The molecular weight excluding hydrogens is 330 g/mol. The fourth-order valence-corrected chi connectivity index (χ4v) is 2.35. The molecule has 0 spiro atoms. The summed E-state index contributed by atoms with van der Waals surface area (Å²) in [6.45, 7) is 0.0125. The minimum Gasteiger partial charge on any atom is -0.478 e. The normalized spacial score (nSPS) is 10.8. The maximum Gasteiger partial charge on any atom is 0.337 e. The first-order chi connectivity index (χ1) is 12.5. The fraction of sp³-hybridized carbons (Fsp3) is 0.150. The van der Waals surface area contributed by atoms with Crippen molar-refractivity contribution in [3.63, 3.8) is 0 Å². The van der Waals surface area contributed by atoms with Crippen molar-refractivity contribution >= 4 is 11.7 Å². The number of para-hydroxylation sites is 1. The number of carboxylic acids is 1. The molecule has 0 unspecified atom stereocenters. The molecule has 6 heteroatoms. The molecule has 0 saturated carbocycles. The summed E-state index contributed by atoms with van der Waals surface area (Å²) in [6.07, 6.45) is 2.40. The molecule has 0 atom stereocenters. The predicted molar refractivity (Wildman–Crippen MR) is 101 cm³/mol. The number of allylic oxidation sites excluding steroid dienone is 1. The molecule has 0 aliphatic heterocycles. The lowest BCUT2D eigenvalue weighted by Gasteiger charge is -2.19. The van der Waals surface area contributed by atoms with E-state index in [-0.39, 0.29) is 17.9 Å². The van der Waals surface area contributed by atoms with Crippen molar-refractivity contribution in [3.05, 3.63) is 77.1 Å². The Kier molecular flexibility index (Phi) is 6.80. The van der Waals surface area contributed by atoms with E-state index in [2.05, 4.69) is 11.8 Å². The number of nitrogens with zero attached hydrogens (tertiary/aromatic N) is 1. The Morgan fingerprint density at radius 3 is 2.50 bits per heavy atom. The molecule has 0 amide bonds. The summed E-state index contributed by atoms with van der Waals surface area (Å²) in [6, 6.07) is 14.1. The maximum atomic E-state index is 11.6. The molecule has 2 aromatic carbocycles. The van der Waals surface area contributed by atoms with Gasteiger partial charge in [-0.1, -0.05) is 36.1 Å². The second-order valence-corrected chi connectivity index (χ2v) is 5.56.